The average Bonchev–Trinajstić information content (AvgIpc) is 2.71. The van der Waals surface area contributed by atoms with Crippen LogP contribution in [0.5, 0.6) is 11.5 Å². The number of aromatic hydroxyl groups is 1. The monoisotopic (exact) mass is 452 g/mol. The highest BCUT2D eigenvalue weighted by molar-refractivity contribution is 5.48. The second-order valence-corrected chi connectivity index (χ2v) is 8.85. The van der Waals surface area contributed by atoms with Crippen LogP contribution in [0.4, 0.5) is 17.6 Å². The molecule has 4 nitrogen and oxygen atoms in total. The molecule has 0 saturated carbocycles. The smallest absolute Gasteiger partial charge is 0.401 e. The molecule has 1 saturated heterocycles. The minimum atomic E-state index is -4.32. The minimum Gasteiger partial charge on any atom is -0.508 e. The molecule has 32 heavy (non-hydrogen) atoms. The molecular weight excluding hydrogens is 424 g/mol. The van der Waals surface area contributed by atoms with E-state index in [2.05, 4.69) is 4.90 Å². The van der Waals surface area contributed by atoms with Crippen molar-refractivity contribution in [2.75, 3.05) is 46.0 Å². The lowest BCUT2D eigenvalue weighted by molar-refractivity contribution is -0.157. The quantitative estimate of drug-likeness (QED) is 0.634. The minimum absolute atomic E-state index is 0.110. The van der Waals surface area contributed by atoms with Gasteiger partial charge in [-0.1, -0.05) is 18.2 Å². The van der Waals surface area contributed by atoms with Gasteiger partial charge in [0, 0.05) is 32.1 Å². The summed E-state index contributed by atoms with van der Waals surface area (Å²) in [5, 5.41) is 9.86. The van der Waals surface area contributed by atoms with Crippen LogP contribution in [0.15, 0.2) is 42.5 Å². The highest BCUT2D eigenvalue weighted by atomic mass is 19.4. The number of hydrogen-bond donors (Lipinski definition) is 1. The number of rotatable bonds is 7. The number of fused-ring (bicyclic) bond motifs is 1. The Balaban J connectivity index is 1.52. The van der Waals surface area contributed by atoms with E-state index in [-0.39, 0.29) is 24.9 Å². The van der Waals surface area contributed by atoms with Crippen LogP contribution < -0.4 is 4.74 Å². The molecule has 8 heteroatoms. The second kappa shape index (κ2) is 8.90. The summed E-state index contributed by atoms with van der Waals surface area (Å²) in [6.45, 7) is 3.42. The van der Waals surface area contributed by atoms with Crippen molar-refractivity contribution >= 4 is 0 Å². The number of likely N-dealkylation sites (tertiary alicyclic amines) is 1. The molecule has 1 N–H and O–H groups in total. The van der Waals surface area contributed by atoms with E-state index in [1.54, 1.807) is 31.2 Å². The molecule has 2 aliphatic rings. The summed E-state index contributed by atoms with van der Waals surface area (Å²) >= 11 is 0. The predicted molar refractivity (Wildman–Crippen MR) is 114 cm³/mol. The third-order valence-electron chi connectivity index (χ3n) is 6.61. The summed E-state index contributed by atoms with van der Waals surface area (Å²) in [5.41, 5.74) is 1.36. The van der Waals surface area contributed by atoms with Gasteiger partial charge in [-0.15, -0.1) is 0 Å². The molecule has 2 aromatic carbocycles. The van der Waals surface area contributed by atoms with Crippen molar-refractivity contribution in [3.63, 3.8) is 0 Å². The van der Waals surface area contributed by atoms with Gasteiger partial charge >= 0.3 is 6.18 Å². The fraction of sp³-hybridized carbons (Fsp3) is 0.500. The zero-order chi connectivity index (χ0) is 22.9. The van der Waals surface area contributed by atoms with Gasteiger partial charge in [-0.3, -0.25) is 14.2 Å². The number of ether oxygens (including phenoxy) is 1. The summed E-state index contributed by atoms with van der Waals surface area (Å²) in [5.74, 6) is 0.887. The molecular formula is C24H28F4N2O2. The second-order valence-electron chi connectivity index (χ2n) is 8.85. The fourth-order valence-corrected chi connectivity index (χ4v) is 4.83. The number of nitrogens with zero attached hydrogens (tertiary/aromatic N) is 2. The van der Waals surface area contributed by atoms with E-state index in [9.17, 15) is 22.7 Å². The largest absolute Gasteiger partial charge is 0.508 e. The van der Waals surface area contributed by atoms with Crippen LogP contribution in [-0.4, -0.2) is 67.1 Å². The standard InChI is InChI=1S/C24H28F4N2O2/c1-23(19-2-5-21(6-3-19)32-11-10-29-14-17(13-25)15-29)22-7-4-20(31)12-18(22)8-9-30(23)16-24(26,27)28/h2-7,12,17,31H,8-11,13-16H2,1H3/t23-/m0/s1. The highest BCUT2D eigenvalue weighted by Gasteiger charge is 2.45. The van der Waals surface area contributed by atoms with Gasteiger partial charge in [-0.05, 0) is 54.3 Å². The molecule has 0 aromatic heterocycles. The van der Waals surface area contributed by atoms with Gasteiger partial charge in [0.05, 0.1) is 18.8 Å². The lowest BCUT2D eigenvalue weighted by Gasteiger charge is -2.47. The van der Waals surface area contributed by atoms with E-state index < -0.39 is 18.3 Å². The molecule has 0 bridgehead atoms. The zero-order valence-electron chi connectivity index (χ0n) is 18.0. The molecule has 4 rings (SSSR count). The lowest BCUT2D eigenvalue weighted by atomic mass is 9.77. The first-order valence-electron chi connectivity index (χ1n) is 10.8. The van der Waals surface area contributed by atoms with Crippen LogP contribution in [0.3, 0.4) is 0 Å². The maximum atomic E-state index is 13.4. The van der Waals surface area contributed by atoms with Crippen LogP contribution in [-0.2, 0) is 12.0 Å². The molecule has 0 spiro atoms. The fourth-order valence-electron chi connectivity index (χ4n) is 4.83. The number of alkyl halides is 4. The first-order valence-corrected chi connectivity index (χ1v) is 10.8. The van der Waals surface area contributed by atoms with E-state index in [1.165, 1.54) is 11.0 Å². The van der Waals surface area contributed by atoms with Gasteiger partial charge in [0.15, 0.2) is 0 Å². The maximum Gasteiger partial charge on any atom is 0.401 e. The van der Waals surface area contributed by atoms with Crippen LogP contribution in [0, 0.1) is 5.92 Å². The van der Waals surface area contributed by atoms with Crippen molar-refractivity contribution in [1.29, 1.82) is 0 Å². The first-order chi connectivity index (χ1) is 15.2. The van der Waals surface area contributed by atoms with Gasteiger partial charge in [-0.25, -0.2) is 0 Å². The summed E-state index contributed by atoms with van der Waals surface area (Å²) in [6, 6.07) is 12.1. The molecule has 1 fully saturated rings. The average molecular weight is 452 g/mol. The molecule has 0 amide bonds. The van der Waals surface area contributed by atoms with E-state index in [1.807, 2.05) is 12.1 Å². The maximum absolute atomic E-state index is 13.4. The Morgan fingerprint density at radius 1 is 1.12 bits per heavy atom. The van der Waals surface area contributed by atoms with E-state index in [0.29, 0.717) is 25.3 Å². The van der Waals surface area contributed by atoms with E-state index >= 15 is 0 Å². The van der Waals surface area contributed by atoms with Crippen molar-refractivity contribution in [2.45, 2.75) is 25.1 Å². The van der Waals surface area contributed by atoms with Crippen molar-refractivity contribution in [1.82, 2.24) is 9.80 Å². The summed E-state index contributed by atoms with van der Waals surface area (Å²) < 4.78 is 58.4. The molecule has 0 unspecified atom stereocenters. The molecule has 2 aromatic rings. The van der Waals surface area contributed by atoms with Gasteiger partial charge in [0.1, 0.15) is 18.1 Å². The summed E-state index contributed by atoms with van der Waals surface area (Å²) in [4.78, 5) is 3.58. The topological polar surface area (TPSA) is 35.9 Å². The lowest BCUT2D eigenvalue weighted by Crippen LogP contribution is -2.52. The highest BCUT2D eigenvalue weighted by Crippen LogP contribution is 2.43. The number of benzene rings is 2. The third kappa shape index (κ3) is 4.71. The molecule has 0 aliphatic carbocycles. The third-order valence-corrected chi connectivity index (χ3v) is 6.61. The normalized spacial score (nSPS) is 22.4. The molecule has 0 radical (unpaired) electrons. The van der Waals surface area contributed by atoms with Crippen molar-refractivity contribution in [3.05, 3.63) is 59.2 Å². The Hall–Kier alpha value is -2.32. The van der Waals surface area contributed by atoms with Gasteiger partial charge in [-0.2, -0.15) is 13.2 Å². The van der Waals surface area contributed by atoms with Crippen LogP contribution in [0.1, 0.15) is 23.6 Å². The van der Waals surface area contributed by atoms with Crippen molar-refractivity contribution < 1.29 is 27.4 Å². The SMILES string of the molecule is C[C@]1(c2ccc(OCCN3CC(CF)C3)cc2)c2ccc(O)cc2CCN1CC(F)(F)F. The number of hydrogen-bond acceptors (Lipinski definition) is 4. The Labute approximate surface area is 185 Å². The van der Waals surface area contributed by atoms with Gasteiger partial charge < -0.3 is 9.84 Å². The van der Waals surface area contributed by atoms with Crippen LogP contribution >= 0.6 is 0 Å². The Morgan fingerprint density at radius 2 is 1.84 bits per heavy atom. The van der Waals surface area contributed by atoms with Gasteiger partial charge in [0.25, 0.3) is 0 Å². The van der Waals surface area contributed by atoms with E-state index in [0.717, 1.165) is 29.8 Å². The van der Waals surface area contributed by atoms with E-state index in [4.69, 9.17) is 4.74 Å². The Kier molecular flexibility index (Phi) is 6.36. The number of phenolic OH excluding ortho intramolecular Hbond substituents is 1. The molecule has 1 atom stereocenters. The summed E-state index contributed by atoms with van der Waals surface area (Å²) in [7, 11) is 0. The number of phenols is 1. The van der Waals surface area contributed by atoms with Gasteiger partial charge in [0.2, 0.25) is 0 Å². The predicted octanol–water partition coefficient (Wildman–Crippen LogP) is 4.36. The molecule has 174 valence electrons. The number of halogens is 4. The first kappa shape index (κ1) is 22.9. The van der Waals surface area contributed by atoms with Crippen LogP contribution in [0.25, 0.3) is 0 Å². The molecule has 2 heterocycles. The zero-order valence-corrected chi connectivity index (χ0v) is 18.0. The molecule has 2 aliphatic heterocycles. The summed E-state index contributed by atoms with van der Waals surface area (Å²) in [6.07, 6.45) is -3.88. The Bertz CT molecular complexity index is 929. The Morgan fingerprint density at radius 3 is 2.50 bits per heavy atom. The van der Waals surface area contributed by atoms with Crippen molar-refractivity contribution in [3.8, 4) is 11.5 Å². The van der Waals surface area contributed by atoms with Crippen LogP contribution in [0.2, 0.25) is 0 Å². The van der Waals surface area contributed by atoms with Crippen molar-refractivity contribution in [2.24, 2.45) is 5.92 Å².